The number of benzene rings is 2. The zero-order chi connectivity index (χ0) is 25.7. The molecule has 0 N–H and O–H groups in total. The number of allylic oxidation sites excluding steroid dienone is 5. The zero-order valence-electron chi connectivity index (χ0n) is 24.4. The first-order valence-electron chi connectivity index (χ1n) is 14.6. The van der Waals surface area contributed by atoms with Crippen LogP contribution < -0.4 is 0 Å². The van der Waals surface area contributed by atoms with Crippen molar-refractivity contribution in [3.63, 3.8) is 0 Å². The molecule has 0 saturated heterocycles. The maximum absolute atomic E-state index is 2.75. The summed E-state index contributed by atoms with van der Waals surface area (Å²) < 4.78 is 2.75. The molecule has 0 nitrogen and oxygen atoms in total. The Morgan fingerprint density at radius 1 is 0.711 bits per heavy atom. The molecule has 0 aliphatic heterocycles. The Labute approximate surface area is 253 Å². The van der Waals surface area contributed by atoms with Gasteiger partial charge in [0.25, 0.3) is 0 Å². The predicted octanol–water partition coefficient (Wildman–Crippen LogP) is 11.3. The number of rotatable bonds is 11. The summed E-state index contributed by atoms with van der Waals surface area (Å²) in [5, 5.41) is 0. The summed E-state index contributed by atoms with van der Waals surface area (Å²) in [6.45, 7) is 15.0. The van der Waals surface area contributed by atoms with Gasteiger partial charge in [-0.3, -0.25) is 0 Å². The summed E-state index contributed by atoms with van der Waals surface area (Å²) in [7, 11) is 0. The van der Waals surface area contributed by atoms with E-state index in [0.29, 0.717) is 3.63 Å². The van der Waals surface area contributed by atoms with Crippen molar-refractivity contribution in [2.24, 2.45) is 5.92 Å². The van der Waals surface area contributed by atoms with Crippen molar-refractivity contribution in [2.75, 3.05) is 0 Å². The van der Waals surface area contributed by atoms with Crippen molar-refractivity contribution in [3.8, 4) is 0 Å². The largest absolute Gasteiger partial charge is 0.147 e. The molecule has 0 heterocycles. The van der Waals surface area contributed by atoms with Crippen LogP contribution in [0.5, 0.6) is 0 Å². The summed E-state index contributed by atoms with van der Waals surface area (Å²) in [4.78, 5) is 0. The van der Waals surface area contributed by atoms with Crippen molar-refractivity contribution >= 4 is 35.8 Å². The molecular weight excluding hydrogens is 599 g/mol. The summed E-state index contributed by atoms with van der Waals surface area (Å²) in [6, 6.07) is 20.6. The van der Waals surface area contributed by atoms with Gasteiger partial charge in [0.05, 0.1) is 0 Å². The van der Waals surface area contributed by atoms with Gasteiger partial charge in [-0.25, -0.2) is 0 Å². The molecule has 2 aliphatic rings. The van der Waals surface area contributed by atoms with E-state index in [9.17, 15) is 0 Å². The van der Waals surface area contributed by atoms with Crippen LogP contribution in [0.2, 0.25) is 13.1 Å². The van der Waals surface area contributed by atoms with E-state index in [1.165, 1.54) is 68.1 Å². The van der Waals surface area contributed by atoms with Gasteiger partial charge in [-0.05, 0) is 0 Å². The molecule has 2 aliphatic carbocycles. The first-order valence-corrected chi connectivity index (χ1v) is 23.4. The monoisotopic (exact) mass is 644 g/mol. The third-order valence-corrected chi connectivity index (χ3v) is 26.3. The molecule has 4 heteroatoms. The van der Waals surface area contributed by atoms with Crippen molar-refractivity contribution in [1.29, 1.82) is 0 Å². The molecule has 0 fully saturated rings. The van der Waals surface area contributed by atoms with E-state index in [1.807, 2.05) is 16.7 Å². The number of hydrogen-bond acceptors (Lipinski definition) is 0. The second-order valence-corrected chi connectivity index (χ2v) is 28.4. The molecule has 0 radical (unpaired) electrons. The molecule has 0 aromatic heterocycles. The smallest absolute Gasteiger partial charge is 0.147 e. The van der Waals surface area contributed by atoms with E-state index in [-0.39, 0.29) is 24.8 Å². The van der Waals surface area contributed by atoms with Crippen LogP contribution in [0.15, 0.2) is 80.7 Å². The van der Waals surface area contributed by atoms with Gasteiger partial charge in [-0.1, -0.05) is 0 Å². The molecule has 0 bridgehead atoms. The first-order chi connectivity index (χ1) is 17.6. The standard InChI is InChI=1S/C17H29.C15H11.C2H6Si.2ClH.Zr/c1-5-9-14-13-15(10-6-2)17(12-8-4)16(14)11-7-3;1-2-6-12(7-3-1)15-11-10-13-8-4-5-9-14(13)15;1-3-2;;;/h14H,5-12H2,1-4H3;1-11H;1-2H3;2*1H;. The van der Waals surface area contributed by atoms with Crippen LogP contribution >= 0.6 is 24.8 Å². The summed E-state index contributed by atoms with van der Waals surface area (Å²) >= 11 is -2.05. The van der Waals surface area contributed by atoms with Crippen molar-refractivity contribution in [1.82, 2.24) is 0 Å². The fourth-order valence-electron chi connectivity index (χ4n) is 6.82. The maximum Gasteiger partial charge on any atom is -0.147 e. The van der Waals surface area contributed by atoms with Gasteiger partial charge in [0.15, 0.2) is 0 Å². The van der Waals surface area contributed by atoms with Crippen LogP contribution in [0.25, 0.3) is 5.57 Å². The minimum Gasteiger partial charge on any atom is -0.147 e. The number of hydrogen-bond donors (Lipinski definition) is 0. The Morgan fingerprint density at radius 3 is 1.92 bits per heavy atom. The van der Waals surface area contributed by atoms with Crippen LogP contribution in [0.4, 0.5) is 0 Å². The van der Waals surface area contributed by atoms with Crippen LogP contribution in [0, 0.1) is 5.92 Å². The van der Waals surface area contributed by atoms with E-state index in [2.05, 4.69) is 105 Å². The molecule has 206 valence electrons. The molecule has 0 spiro atoms. The van der Waals surface area contributed by atoms with Crippen molar-refractivity contribution in [3.05, 3.63) is 97.4 Å². The van der Waals surface area contributed by atoms with Gasteiger partial charge in [-0.15, -0.1) is 24.8 Å². The van der Waals surface area contributed by atoms with Crippen LogP contribution in [0.3, 0.4) is 0 Å². The molecule has 2 aromatic carbocycles. The quantitative estimate of drug-likeness (QED) is 0.213. The summed E-state index contributed by atoms with van der Waals surface area (Å²) in [6.07, 6.45) is 13.2. The van der Waals surface area contributed by atoms with Gasteiger partial charge in [0, 0.05) is 0 Å². The topological polar surface area (TPSA) is 0 Å². The minimum absolute atomic E-state index is 0. The van der Waals surface area contributed by atoms with Gasteiger partial charge in [-0.2, -0.15) is 0 Å². The first kappa shape index (κ1) is 33.5. The molecule has 0 saturated carbocycles. The Kier molecular flexibility index (Phi) is 14.1. The van der Waals surface area contributed by atoms with Crippen LogP contribution in [-0.4, -0.2) is 5.43 Å². The third kappa shape index (κ3) is 6.79. The molecule has 2 aromatic rings. The van der Waals surface area contributed by atoms with E-state index < -0.39 is 25.8 Å². The van der Waals surface area contributed by atoms with Crippen molar-refractivity contribution < 1.29 is 20.4 Å². The Bertz CT molecular complexity index is 1200. The van der Waals surface area contributed by atoms with E-state index in [1.54, 1.807) is 5.56 Å². The SMILES string of the molecule is CCCC1=C(CCC)C(CCC)[C]([Zr]([CH]2C=C(c3ccccc3)c3ccccc32)=[Si](C)C)=C1CCC.Cl.Cl. The maximum atomic E-state index is 2.75. The second-order valence-electron chi connectivity index (χ2n) is 10.9. The average molecular weight is 647 g/mol. The average Bonchev–Trinajstić information content (AvgIpc) is 3.38. The van der Waals surface area contributed by atoms with Crippen LogP contribution in [-0.2, 0) is 20.4 Å². The molecule has 4 rings (SSSR count). The van der Waals surface area contributed by atoms with Gasteiger partial charge >= 0.3 is 230 Å². The number of fused-ring (bicyclic) bond motifs is 1. The van der Waals surface area contributed by atoms with Gasteiger partial charge in [0.1, 0.15) is 0 Å². The predicted molar refractivity (Wildman–Crippen MR) is 172 cm³/mol. The molecule has 38 heavy (non-hydrogen) atoms. The van der Waals surface area contributed by atoms with E-state index in [0.717, 1.165) is 5.92 Å². The third-order valence-electron chi connectivity index (χ3n) is 8.09. The van der Waals surface area contributed by atoms with Gasteiger partial charge < -0.3 is 0 Å². The van der Waals surface area contributed by atoms with Crippen LogP contribution in [0.1, 0.15) is 99.4 Å². The molecule has 2 atom stereocenters. The zero-order valence-corrected chi connectivity index (χ0v) is 29.5. The normalized spacial score (nSPS) is 18.1. The Balaban J connectivity index is 0.00000253. The van der Waals surface area contributed by atoms with Crippen molar-refractivity contribution in [2.45, 2.75) is 95.8 Å². The fraction of sp³-hybridized carbons (Fsp3) is 0.471. The molecule has 0 amide bonds. The molecular formula is C34H48Cl2SiZr. The summed E-state index contributed by atoms with van der Waals surface area (Å²) in [5.74, 6) is 0.758. The Hall–Kier alpha value is -0.660. The molecule has 2 unspecified atom stereocenters. The van der Waals surface area contributed by atoms with E-state index >= 15 is 0 Å². The van der Waals surface area contributed by atoms with Gasteiger partial charge in [0.2, 0.25) is 0 Å². The second kappa shape index (κ2) is 16.0. The van der Waals surface area contributed by atoms with E-state index in [4.69, 9.17) is 0 Å². The fourth-order valence-corrected chi connectivity index (χ4v) is 26.1. The summed E-state index contributed by atoms with van der Waals surface area (Å²) in [5.41, 5.74) is 11.2. The number of halogens is 2. The Morgan fingerprint density at radius 2 is 1.32 bits per heavy atom. The minimum atomic E-state index is -2.05.